The molecule has 30 heavy (non-hydrogen) atoms. The van der Waals surface area contributed by atoms with Gasteiger partial charge in [-0.05, 0) is 74.2 Å². The van der Waals surface area contributed by atoms with Gasteiger partial charge < -0.3 is 10.1 Å². The van der Waals surface area contributed by atoms with Crippen LogP contribution in [0, 0.1) is 34.5 Å². The number of nitrogens with one attached hydrogen (secondary N) is 1. The molecule has 0 spiro atoms. The van der Waals surface area contributed by atoms with Gasteiger partial charge in [0, 0.05) is 0 Å². The zero-order valence-corrected chi connectivity index (χ0v) is 18.2. The summed E-state index contributed by atoms with van der Waals surface area (Å²) in [6, 6.07) is 12.8. The normalized spacial score (nSPS) is 33.6. The van der Waals surface area contributed by atoms with Gasteiger partial charge in [-0.1, -0.05) is 44.2 Å². The summed E-state index contributed by atoms with van der Waals surface area (Å²) in [4.78, 5) is 25.7. The summed E-state index contributed by atoms with van der Waals surface area (Å²) in [7, 11) is 0. The molecule has 4 aliphatic rings. The second kappa shape index (κ2) is 7.41. The lowest BCUT2D eigenvalue weighted by molar-refractivity contribution is -0.175. The molecule has 0 saturated heterocycles. The Morgan fingerprint density at radius 2 is 1.83 bits per heavy atom. The first kappa shape index (κ1) is 20.9. The van der Waals surface area contributed by atoms with E-state index in [-0.39, 0.29) is 23.9 Å². The number of hydrogen-bond acceptors (Lipinski definition) is 4. The number of hydrogen-bond donors (Lipinski definition) is 1. The second-order valence-electron chi connectivity index (χ2n) is 10.5. The van der Waals surface area contributed by atoms with Gasteiger partial charge in [0.25, 0.3) is 5.91 Å². The summed E-state index contributed by atoms with van der Waals surface area (Å²) in [5.74, 6) is 0.418. The van der Waals surface area contributed by atoms with E-state index in [2.05, 4.69) is 35.7 Å². The predicted octanol–water partition coefficient (Wildman–Crippen LogP) is 4.12. The number of nitriles is 1. The van der Waals surface area contributed by atoms with E-state index in [4.69, 9.17) is 4.74 Å². The van der Waals surface area contributed by atoms with Gasteiger partial charge in [0.1, 0.15) is 5.54 Å². The van der Waals surface area contributed by atoms with Crippen molar-refractivity contribution in [1.82, 2.24) is 5.32 Å². The Hall–Kier alpha value is -2.35. The first-order valence-corrected chi connectivity index (χ1v) is 11.2. The standard InChI is InChI=1S/C25H32N2O3/c1-17(2)23(3,16-26)27-21(28)14-30-22(29)25-12-18-9-19(13-25)11-24(10-18,15-25)20-7-5-4-6-8-20/h4-8,17-19H,9-15H2,1-3H3,(H,27,28). The molecule has 0 radical (unpaired) electrons. The molecule has 0 aromatic heterocycles. The van der Waals surface area contributed by atoms with E-state index in [0.29, 0.717) is 11.8 Å². The smallest absolute Gasteiger partial charge is 0.312 e. The van der Waals surface area contributed by atoms with Gasteiger partial charge in [-0.2, -0.15) is 5.26 Å². The van der Waals surface area contributed by atoms with Crippen LogP contribution in [0.15, 0.2) is 30.3 Å². The van der Waals surface area contributed by atoms with Crippen LogP contribution in [0.25, 0.3) is 0 Å². The van der Waals surface area contributed by atoms with E-state index in [1.54, 1.807) is 6.92 Å². The average Bonchev–Trinajstić information content (AvgIpc) is 2.71. The first-order valence-electron chi connectivity index (χ1n) is 11.2. The molecule has 1 N–H and O–H groups in total. The molecule has 0 heterocycles. The number of carbonyl (C=O) groups excluding carboxylic acids is 2. The monoisotopic (exact) mass is 408 g/mol. The number of esters is 1. The van der Waals surface area contributed by atoms with Crippen molar-refractivity contribution in [3.05, 3.63) is 35.9 Å². The number of rotatable bonds is 6. The van der Waals surface area contributed by atoms with Crippen molar-refractivity contribution >= 4 is 11.9 Å². The number of ether oxygens (including phenoxy) is 1. The fourth-order valence-corrected chi connectivity index (χ4v) is 6.54. The van der Waals surface area contributed by atoms with Gasteiger partial charge in [0.15, 0.2) is 6.61 Å². The molecule has 1 aromatic carbocycles. The molecule has 4 aliphatic carbocycles. The lowest BCUT2D eigenvalue weighted by Gasteiger charge is -2.61. The fraction of sp³-hybridized carbons (Fsp3) is 0.640. The number of carbonyl (C=O) groups is 2. The first-order chi connectivity index (χ1) is 14.2. The fourth-order valence-electron chi connectivity index (χ4n) is 6.54. The molecule has 160 valence electrons. The van der Waals surface area contributed by atoms with E-state index in [1.165, 1.54) is 12.0 Å². The molecule has 5 heteroatoms. The summed E-state index contributed by atoms with van der Waals surface area (Å²) >= 11 is 0. The third-order valence-corrected chi connectivity index (χ3v) is 8.00. The van der Waals surface area contributed by atoms with Gasteiger partial charge in [-0.25, -0.2) is 0 Å². The van der Waals surface area contributed by atoms with Crippen molar-refractivity contribution in [2.75, 3.05) is 6.61 Å². The van der Waals surface area contributed by atoms with Crippen LogP contribution in [0.1, 0.15) is 64.9 Å². The lowest BCUT2D eigenvalue weighted by atomic mass is 9.43. The number of amides is 1. The van der Waals surface area contributed by atoms with Crippen LogP contribution >= 0.6 is 0 Å². The highest BCUT2D eigenvalue weighted by Crippen LogP contribution is 2.66. The van der Waals surface area contributed by atoms with Crippen molar-refractivity contribution < 1.29 is 14.3 Å². The Balaban J connectivity index is 1.47. The van der Waals surface area contributed by atoms with Gasteiger partial charge in [-0.15, -0.1) is 0 Å². The van der Waals surface area contributed by atoms with Crippen LogP contribution in [-0.4, -0.2) is 24.0 Å². The van der Waals surface area contributed by atoms with Crippen molar-refractivity contribution in [1.29, 1.82) is 5.26 Å². The Morgan fingerprint density at radius 3 is 2.40 bits per heavy atom. The number of benzene rings is 1. The van der Waals surface area contributed by atoms with Crippen molar-refractivity contribution in [2.45, 2.75) is 70.3 Å². The van der Waals surface area contributed by atoms with E-state index < -0.39 is 16.9 Å². The van der Waals surface area contributed by atoms with E-state index >= 15 is 0 Å². The Labute approximate surface area is 179 Å². The van der Waals surface area contributed by atoms with Crippen LogP contribution in [0.3, 0.4) is 0 Å². The molecule has 1 aromatic rings. The molecule has 4 fully saturated rings. The number of nitrogens with zero attached hydrogens (tertiary/aromatic N) is 1. The molecule has 3 unspecified atom stereocenters. The SMILES string of the molecule is CC(C)C(C)(C#N)NC(=O)COC(=O)C12CC3CC(C1)CC(c1ccccc1)(C3)C2. The van der Waals surface area contributed by atoms with Gasteiger partial charge in [-0.3, -0.25) is 9.59 Å². The van der Waals surface area contributed by atoms with Crippen LogP contribution in [-0.2, 0) is 19.7 Å². The molecule has 5 nitrogen and oxygen atoms in total. The maximum Gasteiger partial charge on any atom is 0.312 e. The lowest BCUT2D eigenvalue weighted by Crippen LogP contribution is -2.57. The van der Waals surface area contributed by atoms with E-state index in [0.717, 1.165) is 32.1 Å². The third-order valence-electron chi connectivity index (χ3n) is 8.00. The zero-order chi connectivity index (χ0) is 21.6. The minimum atomic E-state index is -0.971. The largest absolute Gasteiger partial charge is 0.455 e. The Kier molecular flexibility index (Phi) is 5.16. The maximum atomic E-state index is 13.3. The quantitative estimate of drug-likeness (QED) is 0.718. The van der Waals surface area contributed by atoms with Gasteiger partial charge in [0.05, 0.1) is 11.5 Å². The summed E-state index contributed by atoms with van der Waals surface area (Å²) in [6.45, 7) is 5.14. The highest BCUT2D eigenvalue weighted by Gasteiger charge is 2.61. The minimum Gasteiger partial charge on any atom is -0.455 e. The highest BCUT2D eigenvalue weighted by atomic mass is 16.5. The molecule has 4 saturated carbocycles. The molecule has 4 bridgehead atoms. The van der Waals surface area contributed by atoms with Crippen molar-refractivity contribution in [2.24, 2.45) is 23.2 Å². The van der Waals surface area contributed by atoms with Gasteiger partial charge in [0.2, 0.25) is 0 Å². The van der Waals surface area contributed by atoms with Gasteiger partial charge >= 0.3 is 5.97 Å². The maximum absolute atomic E-state index is 13.3. The summed E-state index contributed by atoms with van der Waals surface area (Å²) in [5.41, 5.74) is -0.0437. The predicted molar refractivity (Wildman–Crippen MR) is 113 cm³/mol. The Morgan fingerprint density at radius 1 is 1.20 bits per heavy atom. The molecule has 0 aliphatic heterocycles. The van der Waals surface area contributed by atoms with E-state index in [1.807, 2.05) is 19.9 Å². The summed E-state index contributed by atoms with van der Waals surface area (Å²) in [5, 5.41) is 12.1. The van der Waals surface area contributed by atoms with Crippen LogP contribution in [0.4, 0.5) is 0 Å². The summed E-state index contributed by atoms with van der Waals surface area (Å²) in [6.07, 6.45) is 6.08. The molecule has 3 atom stereocenters. The third kappa shape index (κ3) is 3.51. The van der Waals surface area contributed by atoms with Crippen molar-refractivity contribution in [3.63, 3.8) is 0 Å². The molecular formula is C25H32N2O3. The van der Waals surface area contributed by atoms with Crippen molar-refractivity contribution in [3.8, 4) is 6.07 Å². The molecule has 5 rings (SSSR count). The zero-order valence-electron chi connectivity index (χ0n) is 18.2. The summed E-state index contributed by atoms with van der Waals surface area (Å²) < 4.78 is 5.58. The van der Waals surface area contributed by atoms with Crippen LogP contribution in [0.2, 0.25) is 0 Å². The molecular weight excluding hydrogens is 376 g/mol. The Bertz CT molecular complexity index is 858. The minimum absolute atomic E-state index is 0.0453. The van der Waals surface area contributed by atoms with Crippen LogP contribution < -0.4 is 5.32 Å². The van der Waals surface area contributed by atoms with E-state index in [9.17, 15) is 14.9 Å². The average molecular weight is 409 g/mol. The van der Waals surface area contributed by atoms with Crippen LogP contribution in [0.5, 0.6) is 0 Å². The highest BCUT2D eigenvalue weighted by molar-refractivity contribution is 5.84. The molecule has 1 amide bonds. The second-order valence-corrected chi connectivity index (χ2v) is 10.5. The topological polar surface area (TPSA) is 79.2 Å².